The van der Waals surface area contributed by atoms with Crippen molar-refractivity contribution < 1.29 is 19.1 Å². The van der Waals surface area contributed by atoms with Gasteiger partial charge in [0.2, 0.25) is 0 Å². The number of ether oxygens (including phenoxy) is 2. The molecule has 24 heavy (non-hydrogen) atoms. The first-order chi connectivity index (χ1) is 11.6. The standard InChI is InChI=1S/C17H13Cl2NO4/c18-14-2-1-3-15(16(14)19)24-13-6-4-11(5-7-13)17(21)22-10-12-8-9-23-20-12/h1-7H,8-10H2. The molecule has 0 fully saturated rings. The lowest BCUT2D eigenvalue weighted by atomic mass is 10.2. The zero-order valence-corrected chi connectivity index (χ0v) is 14.0. The van der Waals surface area contributed by atoms with Crippen LogP contribution in [0.25, 0.3) is 0 Å². The fourth-order valence-electron chi connectivity index (χ4n) is 2.03. The van der Waals surface area contributed by atoms with Crippen LogP contribution in [0.4, 0.5) is 0 Å². The van der Waals surface area contributed by atoms with Crippen LogP contribution in [0.15, 0.2) is 47.6 Å². The predicted octanol–water partition coefficient (Wildman–Crippen LogP) is 4.72. The molecule has 124 valence electrons. The Morgan fingerprint density at radius 2 is 1.96 bits per heavy atom. The summed E-state index contributed by atoms with van der Waals surface area (Å²) in [6.07, 6.45) is 0.681. The van der Waals surface area contributed by atoms with Crippen molar-refractivity contribution in [2.75, 3.05) is 13.2 Å². The minimum absolute atomic E-state index is 0.134. The second-order valence-corrected chi connectivity index (χ2v) is 5.78. The second-order valence-electron chi connectivity index (χ2n) is 5.00. The summed E-state index contributed by atoms with van der Waals surface area (Å²) in [7, 11) is 0. The minimum atomic E-state index is -0.433. The van der Waals surface area contributed by atoms with E-state index in [4.69, 9.17) is 37.5 Å². The molecule has 1 heterocycles. The average Bonchev–Trinajstić information content (AvgIpc) is 3.11. The zero-order valence-electron chi connectivity index (χ0n) is 12.5. The number of hydrogen-bond donors (Lipinski definition) is 0. The molecule has 0 N–H and O–H groups in total. The van der Waals surface area contributed by atoms with Gasteiger partial charge in [-0.25, -0.2) is 4.79 Å². The van der Waals surface area contributed by atoms with E-state index in [9.17, 15) is 4.79 Å². The van der Waals surface area contributed by atoms with Crippen molar-refractivity contribution in [2.45, 2.75) is 6.42 Å². The van der Waals surface area contributed by atoms with Crippen molar-refractivity contribution >= 4 is 34.9 Å². The van der Waals surface area contributed by atoms with Crippen LogP contribution in [0.2, 0.25) is 10.0 Å². The van der Waals surface area contributed by atoms with Crippen LogP contribution in [-0.4, -0.2) is 24.9 Å². The molecule has 5 nitrogen and oxygen atoms in total. The summed E-state index contributed by atoms with van der Waals surface area (Å²) < 4.78 is 10.8. The summed E-state index contributed by atoms with van der Waals surface area (Å²) in [6, 6.07) is 11.7. The molecule has 1 aliphatic heterocycles. The number of hydrogen-bond acceptors (Lipinski definition) is 5. The lowest BCUT2D eigenvalue weighted by Gasteiger charge is -2.09. The average molecular weight is 366 g/mol. The van der Waals surface area contributed by atoms with Crippen LogP contribution >= 0.6 is 23.2 Å². The van der Waals surface area contributed by atoms with E-state index in [1.165, 1.54) is 0 Å². The van der Waals surface area contributed by atoms with Crippen molar-refractivity contribution in [3.8, 4) is 11.5 Å². The maximum absolute atomic E-state index is 12.0. The topological polar surface area (TPSA) is 57.1 Å². The molecule has 0 saturated carbocycles. The van der Waals surface area contributed by atoms with E-state index in [1.807, 2.05) is 0 Å². The van der Waals surface area contributed by atoms with E-state index >= 15 is 0 Å². The highest BCUT2D eigenvalue weighted by molar-refractivity contribution is 6.42. The highest BCUT2D eigenvalue weighted by Gasteiger charge is 2.13. The highest BCUT2D eigenvalue weighted by Crippen LogP contribution is 2.34. The molecule has 7 heteroatoms. The molecule has 3 rings (SSSR count). The molecule has 0 atom stereocenters. The van der Waals surface area contributed by atoms with Gasteiger partial charge in [-0.1, -0.05) is 34.4 Å². The number of carbonyl (C=O) groups excluding carboxylic acids is 1. The van der Waals surface area contributed by atoms with Gasteiger partial charge >= 0.3 is 5.97 Å². The Kier molecular flexibility index (Phi) is 5.23. The zero-order chi connectivity index (χ0) is 16.9. The van der Waals surface area contributed by atoms with Crippen LogP contribution in [0.3, 0.4) is 0 Å². The molecule has 1 aliphatic rings. The van der Waals surface area contributed by atoms with E-state index in [0.29, 0.717) is 40.1 Å². The summed E-state index contributed by atoms with van der Waals surface area (Å²) >= 11 is 12.0. The van der Waals surface area contributed by atoms with Gasteiger partial charge in [0.25, 0.3) is 0 Å². The first-order valence-electron chi connectivity index (χ1n) is 7.20. The van der Waals surface area contributed by atoms with E-state index in [-0.39, 0.29) is 6.61 Å². The number of esters is 1. The Labute approximate surface area is 148 Å². The fourth-order valence-corrected chi connectivity index (χ4v) is 2.36. The van der Waals surface area contributed by atoms with Crippen molar-refractivity contribution in [3.63, 3.8) is 0 Å². The number of halogens is 2. The van der Waals surface area contributed by atoms with Crippen molar-refractivity contribution in [3.05, 3.63) is 58.1 Å². The van der Waals surface area contributed by atoms with E-state index in [1.54, 1.807) is 42.5 Å². The van der Waals surface area contributed by atoms with Crippen LogP contribution < -0.4 is 4.74 Å². The molecule has 0 bridgehead atoms. The van der Waals surface area contributed by atoms with Crippen LogP contribution in [0, 0.1) is 0 Å². The molecule has 0 aromatic heterocycles. The van der Waals surface area contributed by atoms with Gasteiger partial charge in [-0.15, -0.1) is 0 Å². The SMILES string of the molecule is O=C(OCC1=NOCC1)c1ccc(Oc2cccc(Cl)c2Cl)cc1. The van der Waals surface area contributed by atoms with Crippen molar-refractivity contribution in [1.29, 1.82) is 0 Å². The lowest BCUT2D eigenvalue weighted by Crippen LogP contribution is -2.12. The molecular weight excluding hydrogens is 353 g/mol. The van der Waals surface area contributed by atoms with Gasteiger partial charge in [0.1, 0.15) is 29.7 Å². The summed E-state index contributed by atoms with van der Waals surface area (Å²) in [5.41, 5.74) is 1.14. The number of rotatable bonds is 5. The quantitative estimate of drug-likeness (QED) is 0.719. The number of nitrogens with zero attached hydrogens (tertiary/aromatic N) is 1. The van der Waals surface area contributed by atoms with Crippen molar-refractivity contribution in [1.82, 2.24) is 0 Å². The molecule has 0 spiro atoms. The van der Waals surface area contributed by atoms with Gasteiger partial charge in [-0.2, -0.15) is 0 Å². The number of carbonyl (C=O) groups is 1. The van der Waals surface area contributed by atoms with Gasteiger partial charge in [-0.05, 0) is 36.4 Å². The summed E-state index contributed by atoms with van der Waals surface area (Å²) in [6.45, 7) is 0.667. The molecular formula is C17H13Cl2NO4. The molecule has 0 radical (unpaired) electrons. The van der Waals surface area contributed by atoms with Gasteiger partial charge < -0.3 is 14.3 Å². The molecule has 0 saturated heterocycles. The monoisotopic (exact) mass is 365 g/mol. The summed E-state index contributed by atoms with van der Waals surface area (Å²) in [4.78, 5) is 16.8. The van der Waals surface area contributed by atoms with Crippen LogP contribution in [-0.2, 0) is 9.57 Å². The molecule has 0 amide bonds. The third-order valence-electron chi connectivity index (χ3n) is 3.28. The van der Waals surface area contributed by atoms with E-state index in [0.717, 1.165) is 5.71 Å². The minimum Gasteiger partial charge on any atom is -0.456 e. The second kappa shape index (κ2) is 7.55. The first kappa shape index (κ1) is 16.6. The van der Waals surface area contributed by atoms with Gasteiger partial charge in [-0.3, -0.25) is 0 Å². The first-order valence-corrected chi connectivity index (χ1v) is 7.96. The Hall–Kier alpha value is -2.24. The molecule has 0 aliphatic carbocycles. The van der Waals surface area contributed by atoms with Gasteiger partial charge in [0.05, 0.1) is 16.3 Å². The fraction of sp³-hybridized carbons (Fsp3) is 0.176. The molecule has 2 aromatic rings. The number of oxime groups is 1. The van der Waals surface area contributed by atoms with Crippen LogP contribution in [0.1, 0.15) is 16.8 Å². The van der Waals surface area contributed by atoms with E-state index < -0.39 is 5.97 Å². The molecule has 0 unspecified atom stereocenters. The van der Waals surface area contributed by atoms with Crippen molar-refractivity contribution in [2.24, 2.45) is 5.16 Å². The maximum Gasteiger partial charge on any atom is 0.338 e. The van der Waals surface area contributed by atoms with Gasteiger partial charge in [0, 0.05) is 6.42 Å². The molecule has 2 aromatic carbocycles. The third-order valence-corrected chi connectivity index (χ3v) is 4.08. The Balaban J connectivity index is 1.62. The van der Waals surface area contributed by atoms with Gasteiger partial charge in [0.15, 0.2) is 0 Å². The Morgan fingerprint density at radius 1 is 1.17 bits per heavy atom. The maximum atomic E-state index is 12.0. The predicted molar refractivity (Wildman–Crippen MR) is 91.3 cm³/mol. The normalized spacial score (nSPS) is 13.2. The number of benzene rings is 2. The van der Waals surface area contributed by atoms with E-state index in [2.05, 4.69) is 5.16 Å². The van der Waals surface area contributed by atoms with Crippen LogP contribution in [0.5, 0.6) is 11.5 Å². The summed E-state index contributed by atoms with van der Waals surface area (Å²) in [5.74, 6) is 0.542. The Bertz CT molecular complexity index is 775. The third kappa shape index (κ3) is 3.99. The highest BCUT2D eigenvalue weighted by atomic mass is 35.5. The largest absolute Gasteiger partial charge is 0.456 e. The summed E-state index contributed by atoms with van der Waals surface area (Å²) in [5, 5.41) is 4.52. The smallest absolute Gasteiger partial charge is 0.338 e. The Morgan fingerprint density at radius 3 is 2.67 bits per heavy atom. The lowest BCUT2D eigenvalue weighted by molar-refractivity contribution is 0.0562.